The SMILES string of the molecule is [N-]=[N+]=NC[C@H]1OCO[C@@H]1CN=[N+]=[N-]. The maximum Gasteiger partial charge on any atom is 0.147 e. The van der Waals surface area contributed by atoms with Gasteiger partial charge in [-0.25, -0.2) is 0 Å². The van der Waals surface area contributed by atoms with E-state index in [0.29, 0.717) is 0 Å². The van der Waals surface area contributed by atoms with Crippen LogP contribution in [0.15, 0.2) is 10.2 Å². The molecule has 0 aliphatic carbocycles. The minimum Gasteiger partial charge on any atom is -0.349 e. The topological polar surface area (TPSA) is 116 Å². The van der Waals surface area contributed by atoms with Crippen LogP contribution in [0.5, 0.6) is 0 Å². The van der Waals surface area contributed by atoms with Gasteiger partial charge in [-0.2, -0.15) is 0 Å². The molecule has 0 amide bonds. The number of nitrogens with zero attached hydrogens (tertiary/aromatic N) is 6. The zero-order valence-electron chi connectivity index (χ0n) is 6.78. The Labute approximate surface area is 73.7 Å². The van der Waals surface area contributed by atoms with Gasteiger partial charge in [0.1, 0.15) is 6.79 Å². The third-order valence-electron chi connectivity index (χ3n) is 1.63. The molecule has 0 aromatic rings. The van der Waals surface area contributed by atoms with Crippen LogP contribution in [-0.2, 0) is 9.47 Å². The van der Waals surface area contributed by atoms with Gasteiger partial charge in [0.05, 0.1) is 25.3 Å². The van der Waals surface area contributed by atoms with E-state index < -0.39 is 0 Å². The molecule has 1 fully saturated rings. The maximum absolute atomic E-state index is 8.07. The minimum absolute atomic E-state index is 0.150. The molecule has 0 spiro atoms. The molecule has 1 heterocycles. The predicted octanol–water partition coefficient (Wildman–Crippen LogP) is 1.35. The molecule has 0 aromatic heterocycles. The van der Waals surface area contributed by atoms with Crippen LogP contribution in [-0.4, -0.2) is 32.1 Å². The number of hydrogen-bond donors (Lipinski definition) is 0. The van der Waals surface area contributed by atoms with Crippen molar-refractivity contribution in [2.45, 2.75) is 12.2 Å². The van der Waals surface area contributed by atoms with Crippen LogP contribution in [0.2, 0.25) is 0 Å². The minimum atomic E-state index is -0.304. The summed E-state index contributed by atoms with van der Waals surface area (Å²) in [6.45, 7) is 0.543. The Hall–Kier alpha value is -1.46. The summed E-state index contributed by atoms with van der Waals surface area (Å²) in [4.78, 5) is 5.20. The van der Waals surface area contributed by atoms with Crippen LogP contribution in [0.25, 0.3) is 20.9 Å². The second-order valence-corrected chi connectivity index (χ2v) is 2.35. The smallest absolute Gasteiger partial charge is 0.147 e. The van der Waals surface area contributed by atoms with Crippen molar-refractivity contribution in [3.63, 3.8) is 0 Å². The van der Waals surface area contributed by atoms with Gasteiger partial charge in [0, 0.05) is 9.82 Å². The van der Waals surface area contributed by atoms with E-state index in [2.05, 4.69) is 20.1 Å². The van der Waals surface area contributed by atoms with Crippen LogP contribution in [0.3, 0.4) is 0 Å². The summed E-state index contributed by atoms with van der Waals surface area (Å²) in [6, 6.07) is 0. The van der Waals surface area contributed by atoms with Gasteiger partial charge < -0.3 is 9.47 Å². The molecule has 0 aromatic carbocycles. The van der Waals surface area contributed by atoms with E-state index in [9.17, 15) is 0 Å². The highest BCUT2D eigenvalue weighted by molar-refractivity contribution is 4.78. The van der Waals surface area contributed by atoms with Crippen molar-refractivity contribution < 1.29 is 9.47 Å². The maximum atomic E-state index is 8.07. The summed E-state index contributed by atoms with van der Waals surface area (Å²) >= 11 is 0. The molecule has 8 nitrogen and oxygen atoms in total. The Kier molecular flexibility index (Phi) is 3.87. The zero-order valence-corrected chi connectivity index (χ0v) is 6.78. The summed E-state index contributed by atoms with van der Waals surface area (Å²) < 4.78 is 10.2. The molecule has 1 rings (SSSR count). The van der Waals surface area contributed by atoms with E-state index in [1.807, 2.05) is 0 Å². The second kappa shape index (κ2) is 5.23. The standard InChI is InChI=1S/C5H8N6O2/c6-10-8-1-4-5(2-9-11-7)13-3-12-4/h4-5H,1-3H2/t4-,5-/m1/s1. The number of rotatable bonds is 4. The number of azide groups is 2. The van der Waals surface area contributed by atoms with Gasteiger partial charge >= 0.3 is 0 Å². The predicted molar refractivity (Wildman–Crippen MR) is 42.6 cm³/mol. The molecule has 0 saturated carbocycles. The highest BCUT2D eigenvalue weighted by Crippen LogP contribution is 2.13. The van der Waals surface area contributed by atoms with Gasteiger partial charge in [0.15, 0.2) is 0 Å². The molecule has 1 saturated heterocycles. The van der Waals surface area contributed by atoms with Gasteiger partial charge in [-0.1, -0.05) is 10.2 Å². The molecule has 8 heteroatoms. The highest BCUT2D eigenvalue weighted by Gasteiger charge is 2.27. The van der Waals surface area contributed by atoms with E-state index in [1.165, 1.54) is 0 Å². The molecule has 0 bridgehead atoms. The average Bonchev–Trinajstić information content (AvgIpc) is 2.59. The third kappa shape index (κ3) is 2.81. The van der Waals surface area contributed by atoms with Crippen molar-refractivity contribution in [2.75, 3.05) is 19.9 Å². The lowest BCUT2D eigenvalue weighted by molar-refractivity contribution is 0.0408. The first-order valence-electron chi connectivity index (χ1n) is 3.63. The Bertz CT molecular complexity index is 230. The van der Waals surface area contributed by atoms with Gasteiger partial charge in [0.2, 0.25) is 0 Å². The van der Waals surface area contributed by atoms with E-state index >= 15 is 0 Å². The normalized spacial score (nSPS) is 26.2. The average molecular weight is 184 g/mol. The molecular weight excluding hydrogens is 176 g/mol. The summed E-state index contributed by atoms with van der Waals surface area (Å²) in [6.07, 6.45) is -0.609. The van der Waals surface area contributed by atoms with Crippen LogP contribution in [0, 0.1) is 0 Å². The summed E-state index contributed by atoms with van der Waals surface area (Å²) in [5, 5.41) is 6.71. The lowest BCUT2D eigenvalue weighted by Crippen LogP contribution is -2.27. The summed E-state index contributed by atoms with van der Waals surface area (Å²) in [7, 11) is 0. The first-order valence-corrected chi connectivity index (χ1v) is 3.63. The van der Waals surface area contributed by atoms with Crippen molar-refractivity contribution in [3.05, 3.63) is 20.9 Å². The quantitative estimate of drug-likeness (QED) is 0.372. The van der Waals surface area contributed by atoms with Gasteiger partial charge in [-0.3, -0.25) is 0 Å². The van der Waals surface area contributed by atoms with Crippen LogP contribution < -0.4 is 0 Å². The Morgan fingerprint density at radius 1 is 1.08 bits per heavy atom. The molecule has 2 atom stereocenters. The van der Waals surface area contributed by atoms with Crippen LogP contribution in [0.4, 0.5) is 0 Å². The fourth-order valence-electron chi connectivity index (χ4n) is 1.00. The molecule has 0 radical (unpaired) electrons. The first kappa shape index (κ1) is 9.63. The lowest BCUT2D eigenvalue weighted by Gasteiger charge is -2.11. The first-order chi connectivity index (χ1) is 6.38. The molecular formula is C5H8N6O2. The molecule has 1 aliphatic heterocycles. The van der Waals surface area contributed by atoms with Crippen LogP contribution >= 0.6 is 0 Å². The Morgan fingerprint density at radius 3 is 1.92 bits per heavy atom. The molecule has 13 heavy (non-hydrogen) atoms. The largest absolute Gasteiger partial charge is 0.349 e. The second-order valence-electron chi connectivity index (χ2n) is 2.35. The zero-order chi connectivity index (χ0) is 9.52. The molecule has 0 N–H and O–H groups in total. The lowest BCUT2D eigenvalue weighted by atomic mass is 10.2. The van der Waals surface area contributed by atoms with E-state index in [-0.39, 0.29) is 32.1 Å². The third-order valence-corrected chi connectivity index (χ3v) is 1.63. The van der Waals surface area contributed by atoms with Gasteiger partial charge in [-0.15, -0.1) is 0 Å². The molecule has 70 valence electrons. The fourth-order valence-corrected chi connectivity index (χ4v) is 1.00. The number of hydrogen-bond acceptors (Lipinski definition) is 4. The number of ether oxygens (including phenoxy) is 2. The van der Waals surface area contributed by atoms with E-state index in [1.54, 1.807) is 0 Å². The van der Waals surface area contributed by atoms with Crippen molar-refractivity contribution in [1.29, 1.82) is 0 Å². The summed E-state index contributed by atoms with van der Waals surface area (Å²) in [5.41, 5.74) is 16.1. The van der Waals surface area contributed by atoms with Crippen molar-refractivity contribution in [3.8, 4) is 0 Å². The highest BCUT2D eigenvalue weighted by atomic mass is 16.7. The monoisotopic (exact) mass is 184 g/mol. The van der Waals surface area contributed by atoms with E-state index in [0.717, 1.165) is 0 Å². The van der Waals surface area contributed by atoms with Crippen LogP contribution in [0.1, 0.15) is 0 Å². The van der Waals surface area contributed by atoms with E-state index in [4.69, 9.17) is 20.5 Å². The molecule has 1 aliphatic rings. The van der Waals surface area contributed by atoms with Crippen molar-refractivity contribution in [1.82, 2.24) is 0 Å². The van der Waals surface area contributed by atoms with Gasteiger partial charge in [0.25, 0.3) is 0 Å². The van der Waals surface area contributed by atoms with Gasteiger partial charge in [-0.05, 0) is 11.1 Å². The fraction of sp³-hybridized carbons (Fsp3) is 1.00. The summed E-state index contributed by atoms with van der Waals surface area (Å²) in [5.74, 6) is 0. The van der Waals surface area contributed by atoms with Crippen molar-refractivity contribution in [2.24, 2.45) is 10.2 Å². The molecule has 0 unspecified atom stereocenters. The Balaban J connectivity index is 2.42. The van der Waals surface area contributed by atoms with Crippen molar-refractivity contribution >= 4 is 0 Å². The Morgan fingerprint density at radius 2 is 1.54 bits per heavy atom.